The first-order valence-electron chi connectivity index (χ1n) is 8.77. The number of carbonyl (C=O) groups excluding carboxylic acids is 1. The van der Waals surface area contributed by atoms with Gasteiger partial charge in [-0.15, -0.1) is 0 Å². The van der Waals surface area contributed by atoms with Crippen molar-refractivity contribution in [3.05, 3.63) is 71.9 Å². The molecule has 0 saturated heterocycles. The van der Waals surface area contributed by atoms with E-state index in [0.29, 0.717) is 24.4 Å². The minimum absolute atomic E-state index is 0.0189. The number of sulfone groups is 1. The van der Waals surface area contributed by atoms with E-state index in [1.165, 1.54) is 4.57 Å². The molecule has 2 heterocycles. The number of nitrogens with one attached hydrogen (secondary N) is 1. The van der Waals surface area contributed by atoms with E-state index >= 15 is 0 Å². The molecular formula is C20H19N3O3S. The van der Waals surface area contributed by atoms with Gasteiger partial charge in [-0.1, -0.05) is 60.7 Å². The van der Waals surface area contributed by atoms with Gasteiger partial charge in [-0.05, 0) is 12.0 Å². The molecule has 138 valence electrons. The monoisotopic (exact) mass is 381 g/mol. The molecule has 2 aromatic carbocycles. The number of hydrogen-bond acceptors (Lipinski definition) is 4. The molecule has 7 heteroatoms. The van der Waals surface area contributed by atoms with E-state index in [-0.39, 0.29) is 23.4 Å². The predicted molar refractivity (Wildman–Crippen MR) is 102 cm³/mol. The lowest BCUT2D eigenvalue weighted by Crippen LogP contribution is -2.28. The van der Waals surface area contributed by atoms with Crippen LogP contribution < -0.4 is 5.32 Å². The van der Waals surface area contributed by atoms with Crippen molar-refractivity contribution in [2.24, 2.45) is 0 Å². The quantitative estimate of drug-likeness (QED) is 0.735. The average molecular weight is 381 g/mol. The van der Waals surface area contributed by atoms with Gasteiger partial charge < -0.3 is 9.88 Å². The van der Waals surface area contributed by atoms with Gasteiger partial charge in [0.05, 0.1) is 5.75 Å². The molecule has 0 unspecified atom stereocenters. The van der Waals surface area contributed by atoms with Gasteiger partial charge in [0.2, 0.25) is 15.0 Å². The summed E-state index contributed by atoms with van der Waals surface area (Å²) in [5, 5.41) is 2.89. The molecule has 3 aromatic rings. The summed E-state index contributed by atoms with van der Waals surface area (Å²) >= 11 is 0. The number of hydrogen-bond donors (Lipinski definition) is 1. The third-order valence-electron chi connectivity index (χ3n) is 4.60. The molecule has 1 aliphatic rings. The van der Waals surface area contributed by atoms with Gasteiger partial charge in [-0.25, -0.2) is 13.4 Å². The topological polar surface area (TPSA) is 81.1 Å². The number of benzene rings is 2. The van der Waals surface area contributed by atoms with Crippen LogP contribution >= 0.6 is 0 Å². The first kappa shape index (κ1) is 17.5. The molecule has 1 aromatic heterocycles. The summed E-state index contributed by atoms with van der Waals surface area (Å²) in [4.78, 5) is 17.2. The van der Waals surface area contributed by atoms with E-state index in [0.717, 1.165) is 11.1 Å². The molecule has 6 nitrogen and oxygen atoms in total. The third-order valence-corrected chi connectivity index (χ3v) is 6.19. The fourth-order valence-electron chi connectivity index (χ4n) is 3.26. The standard InChI is InChI=1S/C20H19N3O3S/c24-19(21-12-11-15-7-3-1-4-8-15)18-17(16-9-5-2-6-10-16)22-20-23(18)13-14-27(20,25)26/h1-10H,11-14H2,(H,21,24). The number of fused-ring (bicyclic) bond motifs is 1. The average Bonchev–Trinajstić information content (AvgIpc) is 3.21. The lowest BCUT2D eigenvalue weighted by atomic mass is 10.1. The maximum Gasteiger partial charge on any atom is 0.270 e. The third kappa shape index (κ3) is 3.38. The molecular weight excluding hydrogens is 362 g/mol. The Morgan fingerprint density at radius 1 is 1.04 bits per heavy atom. The van der Waals surface area contributed by atoms with Crippen LogP contribution in [-0.4, -0.2) is 36.2 Å². The fourth-order valence-corrected chi connectivity index (χ4v) is 4.61. The van der Waals surface area contributed by atoms with E-state index in [1.807, 2.05) is 60.7 Å². The molecule has 4 rings (SSSR count). The van der Waals surface area contributed by atoms with Crippen molar-refractivity contribution >= 4 is 15.7 Å². The van der Waals surface area contributed by atoms with Crippen LogP contribution in [0.15, 0.2) is 65.8 Å². The van der Waals surface area contributed by atoms with Gasteiger partial charge in [0.25, 0.3) is 5.91 Å². The minimum atomic E-state index is -3.44. The highest BCUT2D eigenvalue weighted by Gasteiger charge is 2.35. The molecule has 1 aliphatic heterocycles. The zero-order chi connectivity index (χ0) is 18.9. The zero-order valence-electron chi connectivity index (χ0n) is 14.6. The van der Waals surface area contributed by atoms with Crippen LogP contribution in [0.25, 0.3) is 11.3 Å². The van der Waals surface area contributed by atoms with Crippen molar-refractivity contribution in [1.29, 1.82) is 0 Å². The second kappa shape index (κ2) is 7.00. The first-order valence-corrected chi connectivity index (χ1v) is 10.4. The van der Waals surface area contributed by atoms with Crippen LogP contribution in [0.5, 0.6) is 0 Å². The highest BCUT2D eigenvalue weighted by atomic mass is 32.2. The van der Waals surface area contributed by atoms with Crippen molar-refractivity contribution in [3.8, 4) is 11.3 Å². The smallest absolute Gasteiger partial charge is 0.270 e. The maximum atomic E-state index is 12.9. The summed E-state index contributed by atoms with van der Waals surface area (Å²) in [7, 11) is -3.44. The van der Waals surface area contributed by atoms with Gasteiger partial charge in [0, 0.05) is 18.7 Å². The number of rotatable bonds is 5. The second-order valence-corrected chi connectivity index (χ2v) is 8.42. The Morgan fingerprint density at radius 3 is 2.41 bits per heavy atom. The summed E-state index contributed by atoms with van der Waals surface area (Å²) < 4.78 is 26.0. The van der Waals surface area contributed by atoms with Gasteiger partial charge in [0.1, 0.15) is 11.4 Å². The number of aromatic nitrogens is 2. The van der Waals surface area contributed by atoms with Crippen LogP contribution in [0.1, 0.15) is 16.1 Å². The zero-order valence-corrected chi connectivity index (χ0v) is 15.4. The summed E-state index contributed by atoms with van der Waals surface area (Å²) in [6, 6.07) is 19.1. The van der Waals surface area contributed by atoms with Crippen molar-refractivity contribution in [2.45, 2.75) is 18.1 Å². The van der Waals surface area contributed by atoms with Crippen molar-refractivity contribution in [2.75, 3.05) is 12.3 Å². The Hall–Kier alpha value is -2.93. The molecule has 0 saturated carbocycles. The summed E-state index contributed by atoms with van der Waals surface area (Å²) in [6.07, 6.45) is 0.701. The SMILES string of the molecule is O=C(NCCc1ccccc1)c1c(-c2ccccc2)nc2n1CCS2(=O)=O. The number of imidazole rings is 1. The van der Waals surface area contributed by atoms with Crippen molar-refractivity contribution < 1.29 is 13.2 Å². The van der Waals surface area contributed by atoms with Crippen LogP contribution in [0, 0.1) is 0 Å². The highest BCUT2D eigenvalue weighted by molar-refractivity contribution is 7.91. The molecule has 1 amide bonds. The Labute approximate surface area is 157 Å². The molecule has 0 bridgehead atoms. The molecule has 0 atom stereocenters. The van der Waals surface area contributed by atoms with E-state index in [1.54, 1.807) is 0 Å². The Bertz CT molecular complexity index is 1070. The molecule has 0 fully saturated rings. The Kier molecular flexibility index (Phi) is 4.53. The molecule has 0 aliphatic carbocycles. The summed E-state index contributed by atoms with van der Waals surface area (Å²) in [5.41, 5.74) is 2.57. The number of nitrogens with zero attached hydrogens (tertiary/aromatic N) is 2. The maximum absolute atomic E-state index is 12.9. The van der Waals surface area contributed by atoms with Gasteiger partial charge in [0.15, 0.2) is 0 Å². The predicted octanol–water partition coefficient (Wildman–Crippen LogP) is 2.31. The van der Waals surface area contributed by atoms with E-state index in [4.69, 9.17) is 0 Å². The van der Waals surface area contributed by atoms with Gasteiger partial charge in [-0.3, -0.25) is 4.79 Å². The first-order chi connectivity index (χ1) is 13.1. The summed E-state index contributed by atoms with van der Waals surface area (Å²) in [5.74, 6) is -0.324. The number of amides is 1. The fraction of sp³-hybridized carbons (Fsp3) is 0.200. The minimum Gasteiger partial charge on any atom is -0.350 e. The number of carbonyl (C=O) groups is 1. The van der Waals surface area contributed by atoms with E-state index in [2.05, 4.69) is 10.3 Å². The van der Waals surface area contributed by atoms with Crippen LogP contribution in [-0.2, 0) is 22.8 Å². The second-order valence-electron chi connectivity index (χ2n) is 6.42. The highest BCUT2D eigenvalue weighted by Crippen LogP contribution is 2.30. The van der Waals surface area contributed by atoms with Crippen LogP contribution in [0.4, 0.5) is 0 Å². The Balaban J connectivity index is 1.64. The van der Waals surface area contributed by atoms with E-state index in [9.17, 15) is 13.2 Å². The van der Waals surface area contributed by atoms with Crippen LogP contribution in [0.2, 0.25) is 0 Å². The summed E-state index contributed by atoms with van der Waals surface area (Å²) in [6.45, 7) is 0.712. The van der Waals surface area contributed by atoms with Crippen LogP contribution in [0.3, 0.4) is 0 Å². The molecule has 1 N–H and O–H groups in total. The Morgan fingerprint density at radius 2 is 1.70 bits per heavy atom. The normalized spacial score (nSPS) is 14.7. The van der Waals surface area contributed by atoms with Crippen molar-refractivity contribution in [3.63, 3.8) is 0 Å². The van der Waals surface area contributed by atoms with Gasteiger partial charge >= 0.3 is 0 Å². The molecule has 0 spiro atoms. The van der Waals surface area contributed by atoms with Gasteiger partial charge in [-0.2, -0.15) is 0 Å². The van der Waals surface area contributed by atoms with Crippen molar-refractivity contribution in [1.82, 2.24) is 14.9 Å². The lowest BCUT2D eigenvalue weighted by molar-refractivity contribution is 0.0945. The largest absolute Gasteiger partial charge is 0.350 e. The lowest BCUT2D eigenvalue weighted by Gasteiger charge is -2.09. The molecule has 0 radical (unpaired) electrons. The molecule has 27 heavy (non-hydrogen) atoms. The van der Waals surface area contributed by atoms with E-state index < -0.39 is 9.84 Å².